The standard InChI is InChI=1S/C14H25N3O3/c1-8(2)12(17-14(19)20-5)9(3)16-11-7-6-10(11)13(18)15-4/h8,10-12,16H,3,6-7H2,1-2,4-5H3,(H,15,18)(H,17,19)/t10-,11-,12-/m0/s1. The number of methoxy groups -OCH3 is 1. The molecular formula is C14H25N3O3. The van der Waals surface area contributed by atoms with Gasteiger partial charge in [0, 0.05) is 18.8 Å². The summed E-state index contributed by atoms with van der Waals surface area (Å²) in [6, 6.07) is -0.142. The fourth-order valence-corrected chi connectivity index (χ4v) is 2.34. The molecule has 0 unspecified atom stereocenters. The van der Waals surface area contributed by atoms with Gasteiger partial charge >= 0.3 is 6.09 Å². The predicted molar refractivity (Wildman–Crippen MR) is 77.0 cm³/mol. The Morgan fingerprint density at radius 1 is 1.30 bits per heavy atom. The quantitative estimate of drug-likeness (QED) is 0.679. The molecule has 6 nitrogen and oxygen atoms in total. The molecule has 2 amide bonds. The molecule has 6 heteroatoms. The van der Waals surface area contributed by atoms with Crippen LogP contribution in [0.15, 0.2) is 12.3 Å². The van der Waals surface area contributed by atoms with Gasteiger partial charge in [0.2, 0.25) is 5.91 Å². The molecule has 0 aromatic carbocycles. The van der Waals surface area contributed by atoms with Gasteiger partial charge in [-0.1, -0.05) is 20.4 Å². The van der Waals surface area contributed by atoms with Crippen molar-refractivity contribution in [2.75, 3.05) is 14.2 Å². The Labute approximate surface area is 120 Å². The highest BCUT2D eigenvalue weighted by Crippen LogP contribution is 2.28. The second kappa shape index (κ2) is 7.17. The molecule has 0 aromatic heterocycles. The summed E-state index contributed by atoms with van der Waals surface area (Å²) in [5, 5.41) is 8.69. The zero-order valence-electron chi connectivity index (χ0n) is 12.7. The third kappa shape index (κ3) is 3.88. The fraction of sp³-hybridized carbons (Fsp3) is 0.714. The molecule has 0 aromatic rings. The Balaban J connectivity index is 2.58. The average molecular weight is 283 g/mol. The van der Waals surface area contributed by atoms with Gasteiger partial charge in [-0.25, -0.2) is 4.79 Å². The number of carbonyl (C=O) groups excluding carboxylic acids is 2. The van der Waals surface area contributed by atoms with Crippen LogP contribution in [-0.2, 0) is 9.53 Å². The van der Waals surface area contributed by atoms with Crippen molar-refractivity contribution in [1.29, 1.82) is 0 Å². The molecule has 0 radical (unpaired) electrons. The van der Waals surface area contributed by atoms with Gasteiger partial charge in [0.15, 0.2) is 0 Å². The molecule has 1 rings (SSSR count). The molecular weight excluding hydrogens is 258 g/mol. The zero-order chi connectivity index (χ0) is 15.3. The van der Waals surface area contributed by atoms with E-state index in [2.05, 4.69) is 27.3 Å². The van der Waals surface area contributed by atoms with Crippen LogP contribution < -0.4 is 16.0 Å². The van der Waals surface area contributed by atoms with Crippen LogP contribution in [0.25, 0.3) is 0 Å². The molecule has 0 bridgehead atoms. The maximum atomic E-state index is 11.6. The maximum absolute atomic E-state index is 11.6. The first-order valence-corrected chi connectivity index (χ1v) is 6.92. The van der Waals surface area contributed by atoms with Crippen LogP contribution in [0.4, 0.5) is 4.79 Å². The first-order chi connectivity index (χ1) is 9.40. The molecule has 1 aliphatic rings. The summed E-state index contributed by atoms with van der Waals surface area (Å²) in [6.45, 7) is 7.97. The molecule has 1 fully saturated rings. The number of hydrogen-bond acceptors (Lipinski definition) is 4. The normalized spacial score (nSPS) is 22.4. The molecule has 0 saturated heterocycles. The lowest BCUT2D eigenvalue weighted by Gasteiger charge is -2.38. The molecule has 20 heavy (non-hydrogen) atoms. The number of ether oxygens (including phenoxy) is 1. The summed E-state index contributed by atoms with van der Waals surface area (Å²) >= 11 is 0. The minimum absolute atomic E-state index is 0.0253. The highest BCUT2D eigenvalue weighted by Gasteiger charge is 2.37. The second-order valence-corrected chi connectivity index (χ2v) is 5.43. The SMILES string of the molecule is C=C(N[C@H]1CC[C@@H]1C(=O)NC)[C@@H](NC(=O)OC)C(C)C. The lowest BCUT2D eigenvalue weighted by molar-refractivity contribution is -0.128. The largest absolute Gasteiger partial charge is 0.453 e. The predicted octanol–water partition coefficient (Wildman–Crippen LogP) is 0.995. The fourth-order valence-electron chi connectivity index (χ4n) is 2.34. The summed E-state index contributed by atoms with van der Waals surface area (Å²) in [5.41, 5.74) is 0.712. The molecule has 0 aliphatic heterocycles. The van der Waals surface area contributed by atoms with Gasteiger partial charge in [0.05, 0.1) is 19.1 Å². The lowest BCUT2D eigenvalue weighted by atomic mass is 9.78. The smallest absolute Gasteiger partial charge is 0.407 e. The number of amides is 2. The molecule has 0 spiro atoms. The van der Waals surface area contributed by atoms with Crippen LogP contribution in [-0.4, -0.2) is 38.2 Å². The van der Waals surface area contributed by atoms with Crippen molar-refractivity contribution >= 4 is 12.0 Å². The molecule has 1 saturated carbocycles. The van der Waals surface area contributed by atoms with Crippen molar-refractivity contribution in [3.05, 3.63) is 12.3 Å². The lowest BCUT2D eigenvalue weighted by Crippen LogP contribution is -2.53. The van der Waals surface area contributed by atoms with E-state index in [0.717, 1.165) is 12.8 Å². The number of rotatable bonds is 6. The van der Waals surface area contributed by atoms with E-state index in [-0.39, 0.29) is 29.8 Å². The minimum Gasteiger partial charge on any atom is -0.453 e. The minimum atomic E-state index is -0.483. The highest BCUT2D eigenvalue weighted by atomic mass is 16.5. The van der Waals surface area contributed by atoms with E-state index in [1.165, 1.54) is 7.11 Å². The Hall–Kier alpha value is -1.72. The third-order valence-corrected chi connectivity index (χ3v) is 3.73. The van der Waals surface area contributed by atoms with Crippen molar-refractivity contribution in [2.45, 2.75) is 38.8 Å². The Kier molecular flexibility index (Phi) is 5.85. The van der Waals surface area contributed by atoms with Gasteiger partial charge in [-0.3, -0.25) is 4.79 Å². The molecule has 114 valence electrons. The number of nitrogens with one attached hydrogen (secondary N) is 3. The third-order valence-electron chi connectivity index (χ3n) is 3.73. The van der Waals surface area contributed by atoms with Crippen LogP contribution in [0, 0.1) is 11.8 Å². The van der Waals surface area contributed by atoms with Crippen molar-refractivity contribution < 1.29 is 14.3 Å². The molecule has 3 N–H and O–H groups in total. The summed E-state index contributed by atoms with van der Waals surface area (Å²) in [6.07, 6.45) is 1.32. The van der Waals surface area contributed by atoms with E-state index in [1.807, 2.05) is 13.8 Å². The average Bonchev–Trinajstić information content (AvgIpc) is 2.39. The Bertz CT molecular complexity index is 382. The van der Waals surface area contributed by atoms with Crippen molar-refractivity contribution in [2.24, 2.45) is 11.8 Å². The summed E-state index contributed by atoms with van der Waals surface area (Å²) in [4.78, 5) is 23.0. The Morgan fingerprint density at radius 2 is 1.95 bits per heavy atom. The van der Waals surface area contributed by atoms with Crippen LogP contribution in [0.2, 0.25) is 0 Å². The van der Waals surface area contributed by atoms with Gasteiger partial charge < -0.3 is 20.7 Å². The van der Waals surface area contributed by atoms with Crippen molar-refractivity contribution in [3.63, 3.8) is 0 Å². The molecule has 3 atom stereocenters. The summed E-state index contributed by atoms with van der Waals surface area (Å²) in [7, 11) is 2.97. The van der Waals surface area contributed by atoms with Gasteiger partial charge in [-0.2, -0.15) is 0 Å². The molecule has 1 aliphatic carbocycles. The summed E-state index contributed by atoms with van der Waals surface area (Å²) in [5.74, 6) is 0.193. The van der Waals surface area contributed by atoms with Crippen LogP contribution in [0.3, 0.4) is 0 Å². The van der Waals surface area contributed by atoms with Crippen molar-refractivity contribution in [1.82, 2.24) is 16.0 Å². The van der Waals surface area contributed by atoms with E-state index in [1.54, 1.807) is 7.05 Å². The molecule has 0 heterocycles. The van der Waals surface area contributed by atoms with Gasteiger partial charge in [0.25, 0.3) is 0 Å². The van der Waals surface area contributed by atoms with Gasteiger partial charge in [0.1, 0.15) is 0 Å². The number of alkyl carbamates (subject to hydrolysis) is 1. The van der Waals surface area contributed by atoms with Crippen LogP contribution in [0.5, 0.6) is 0 Å². The van der Waals surface area contributed by atoms with E-state index in [0.29, 0.717) is 5.70 Å². The summed E-state index contributed by atoms with van der Waals surface area (Å²) < 4.78 is 4.62. The van der Waals surface area contributed by atoms with E-state index >= 15 is 0 Å². The topological polar surface area (TPSA) is 79.5 Å². The number of carbonyl (C=O) groups is 2. The van der Waals surface area contributed by atoms with Crippen LogP contribution >= 0.6 is 0 Å². The van der Waals surface area contributed by atoms with E-state index in [4.69, 9.17) is 0 Å². The van der Waals surface area contributed by atoms with E-state index in [9.17, 15) is 9.59 Å². The van der Waals surface area contributed by atoms with Gasteiger partial charge in [-0.05, 0) is 18.8 Å². The number of hydrogen-bond donors (Lipinski definition) is 3. The second-order valence-electron chi connectivity index (χ2n) is 5.43. The first-order valence-electron chi connectivity index (χ1n) is 6.92. The maximum Gasteiger partial charge on any atom is 0.407 e. The monoisotopic (exact) mass is 283 g/mol. The first kappa shape index (κ1) is 16.3. The van der Waals surface area contributed by atoms with E-state index < -0.39 is 6.09 Å². The zero-order valence-corrected chi connectivity index (χ0v) is 12.7. The van der Waals surface area contributed by atoms with Crippen LogP contribution in [0.1, 0.15) is 26.7 Å². The van der Waals surface area contributed by atoms with Gasteiger partial charge in [-0.15, -0.1) is 0 Å². The van der Waals surface area contributed by atoms with Crippen molar-refractivity contribution in [3.8, 4) is 0 Å². The highest BCUT2D eigenvalue weighted by molar-refractivity contribution is 5.80. The Morgan fingerprint density at radius 3 is 2.35 bits per heavy atom.